The molecule has 0 aliphatic rings. The molecule has 0 atom stereocenters. The number of aromatic nitrogens is 4. The van der Waals surface area contributed by atoms with Gasteiger partial charge in [-0.1, -0.05) is 0 Å². The van der Waals surface area contributed by atoms with Crippen LogP contribution in [0.2, 0.25) is 0 Å². The van der Waals surface area contributed by atoms with E-state index in [4.69, 9.17) is 5.11 Å². The normalized spacial score (nSPS) is 10.6. The van der Waals surface area contributed by atoms with Crippen molar-refractivity contribution in [1.82, 2.24) is 20.2 Å². The van der Waals surface area contributed by atoms with Gasteiger partial charge in [-0.2, -0.15) is 0 Å². The Bertz CT molecular complexity index is 448. The molecule has 1 aromatic carbocycles. The van der Waals surface area contributed by atoms with Crippen LogP contribution in [-0.4, -0.2) is 25.3 Å². The zero-order chi connectivity index (χ0) is 10.8. The smallest absolute Gasteiger partial charge is 0.143 e. The van der Waals surface area contributed by atoms with Gasteiger partial charge in [-0.3, -0.25) is 0 Å². The first-order valence-corrected chi connectivity index (χ1v) is 4.04. The molecule has 78 valence electrons. The van der Waals surface area contributed by atoms with Gasteiger partial charge in [0.05, 0.1) is 12.3 Å². The van der Waals surface area contributed by atoms with Crippen molar-refractivity contribution in [2.45, 2.75) is 6.61 Å². The Morgan fingerprint density at radius 2 is 1.93 bits per heavy atom. The fourth-order valence-corrected chi connectivity index (χ4v) is 1.15. The molecule has 0 aliphatic carbocycles. The molecule has 0 aliphatic heterocycles. The van der Waals surface area contributed by atoms with Crippen LogP contribution in [-0.2, 0) is 6.61 Å². The standard InChI is InChI=1S/C8H6F2N4O/c9-7-1-5(14-4-11-12-13-14)2-8(10)6(7)3-15/h1-2,4,15H,3H2. The maximum atomic E-state index is 13.2. The number of benzene rings is 1. The van der Waals surface area contributed by atoms with Crippen molar-refractivity contribution in [3.8, 4) is 5.69 Å². The van der Waals surface area contributed by atoms with Crippen LogP contribution >= 0.6 is 0 Å². The predicted octanol–water partition coefficient (Wildman–Crippen LogP) is 0.433. The molecule has 0 bridgehead atoms. The number of rotatable bonds is 2. The highest BCUT2D eigenvalue weighted by molar-refractivity contribution is 5.35. The summed E-state index contributed by atoms with van der Waals surface area (Å²) in [5.74, 6) is -1.66. The lowest BCUT2D eigenvalue weighted by atomic mass is 10.2. The molecule has 0 saturated heterocycles. The first-order chi connectivity index (χ1) is 7.22. The summed E-state index contributed by atoms with van der Waals surface area (Å²) in [7, 11) is 0. The summed E-state index contributed by atoms with van der Waals surface area (Å²) in [6.45, 7) is -0.687. The highest BCUT2D eigenvalue weighted by atomic mass is 19.1. The largest absolute Gasteiger partial charge is 0.391 e. The van der Waals surface area contributed by atoms with Crippen molar-refractivity contribution in [2.75, 3.05) is 0 Å². The number of tetrazole rings is 1. The predicted molar refractivity (Wildman–Crippen MR) is 45.0 cm³/mol. The number of aliphatic hydroxyl groups is 1. The van der Waals surface area contributed by atoms with E-state index in [0.717, 1.165) is 16.8 Å². The number of hydrogen-bond donors (Lipinski definition) is 1. The van der Waals surface area contributed by atoms with E-state index in [1.54, 1.807) is 0 Å². The first-order valence-electron chi connectivity index (χ1n) is 4.04. The molecule has 2 aromatic rings. The van der Waals surface area contributed by atoms with Crippen LogP contribution in [0.5, 0.6) is 0 Å². The average Bonchev–Trinajstić information content (AvgIpc) is 2.69. The fraction of sp³-hybridized carbons (Fsp3) is 0.125. The van der Waals surface area contributed by atoms with Gasteiger partial charge >= 0.3 is 0 Å². The highest BCUT2D eigenvalue weighted by Gasteiger charge is 2.11. The van der Waals surface area contributed by atoms with Gasteiger partial charge in [0.2, 0.25) is 0 Å². The van der Waals surface area contributed by atoms with Gasteiger partial charge in [-0.25, -0.2) is 13.5 Å². The SMILES string of the molecule is OCc1c(F)cc(-n2cnnn2)cc1F. The lowest BCUT2D eigenvalue weighted by molar-refractivity contribution is 0.269. The van der Waals surface area contributed by atoms with Crippen LogP contribution in [0.3, 0.4) is 0 Å². The Hall–Kier alpha value is -1.89. The van der Waals surface area contributed by atoms with Crippen LogP contribution in [0.4, 0.5) is 8.78 Å². The number of halogens is 2. The summed E-state index contributed by atoms with van der Waals surface area (Å²) in [6.07, 6.45) is 1.22. The van der Waals surface area contributed by atoms with Crippen LogP contribution in [0.1, 0.15) is 5.56 Å². The molecular formula is C8H6F2N4O. The molecule has 5 nitrogen and oxygen atoms in total. The van der Waals surface area contributed by atoms with E-state index in [9.17, 15) is 8.78 Å². The fourth-order valence-electron chi connectivity index (χ4n) is 1.15. The second kappa shape index (κ2) is 3.70. The summed E-state index contributed by atoms with van der Waals surface area (Å²) in [5.41, 5.74) is -0.209. The molecule has 0 radical (unpaired) electrons. The zero-order valence-electron chi connectivity index (χ0n) is 7.43. The Kier molecular flexibility index (Phi) is 2.38. The monoisotopic (exact) mass is 212 g/mol. The van der Waals surface area contributed by atoms with Gasteiger partial charge in [0.25, 0.3) is 0 Å². The summed E-state index contributed by atoms with van der Waals surface area (Å²) in [6, 6.07) is 2.09. The third kappa shape index (κ3) is 1.68. The van der Waals surface area contributed by atoms with E-state index < -0.39 is 18.2 Å². The van der Waals surface area contributed by atoms with Gasteiger partial charge in [0.15, 0.2) is 0 Å². The molecule has 2 rings (SSSR count). The Morgan fingerprint density at radius 3 is 2.40 bits per heavy atom. The third-order valence-corrected chi connectivity index (χ3v) is 1.90. The number of hydrogen-bond acceptors (Lipinski definition) is 4. The average molecular weight is 212 g/mol. The lowest BCUT2D eigenvalue weighted by Crippen LogP contribution is -2.01. The molecule has 0 saturated carbocycles. The van der Waals surface area contributed by atoms with Gasteiger partial charge in [-0.15, -0.1) is 5.10 Å². The number of aliphatic hydroxyl groups excluding tert-OH is 1. The molecule has 1 N–H and O–H groups in total. The van der Waals surface area contributed by atoms with Crippen LogP contribution in [0.25, 0.3) is 5.69 Å². The van der Waals surface area contributed by atoms with E-state index in [0.29, 0.717) is 0 Å². The van der Waals surface area contributed by atoms with E-state index in [-0.39, 0.29) is 11.3 Å². The summed E-state index contributed by atoms with van der Waals surface area (Å²) in [4.78, 5) is 0. The van der Waals surface area contributed by atoms with E-state index in [1.807, 2.05) is 0 Å². The topological polar surface area (TPSA) is 63.8 Å². The van der Waals surface area contributed by atoms with Gasteiger partial charge in [-0.05, 0) is 10.4 Å². The Balaban J connectivity index is 2.53. The van der Waals surface area contributed by atoms with Crippen molar-refractivity contribution < 1.29 is 13.9 Å². The number of nitrogens with zero attached hydrogens (tertiary/aromatic N) is 4. The van der Waals surface area contributed by atoms with Gasteiger partial charge in [0.1, 0.15) is 18.0 Å². The van der Waals surface area contributed by atoms with E-state index in [1.165, 1.54) is 6.33 Å². The molecule has 7 heteroatoms. The van der Waals surface area contributed by atoms with Crippen molar-refractivity contribution in [3.63, 3.8) is 0 Å². The zero-order valence-corrected chi connectivity index (χ0v) is 7.43. The molecule has 0 spiro atoms. The van der Waals surface area contributed by atoms with E-state index in [2.05, 4.69) is 15.5 Å². The van der Waals surface area contributed by atoms with Gasteiger partial charge < -0.3 is 5.11 Å². The summed E-state index contributed by atoms with van der Waals surface area (Å²) >= 11 is 0. The highest BCUT2D eigenvalue weighted by Crippen LogP contribution is 2.17. The summed E-state index contributed by atoms with van der Waals surface area (Å²) in [5, 5.41) is 18.9. The van der Waals surface area contributed by atoms with Crippen molar-refractivity contribution in [3.05, 3.63) is 35.7 Å². The molecule has 15 heavy (non-hydrogen) atoms. The molecule has 0 unspecified atom stereocenters. The summed E-state index contributed by atoms with van der Waals surface area (Å²) < 4.78 is 27.6. The maximum absolute atomic E-state index is 13.2. The first kappa shape index (κ1) is 9.66. The molecule has 1 aromatic heterocycles. The lowest BCUT2D eigenvalue weighted by Gasteiger charge is -2.04. The third-order valence-electron chi connectivity index (χ3n) is 1.90. The Morgan fingerprint density at radius 1 is 1.27 bits per heavy atom. The minimum Gasteiger partial charge on any atom is -0.391 e. The van der Waals surface area contributed by atoms with Crippen molar-refractivity contribution >= 4 is 0 Å². The Labute approximate surface area is 83.0 Å². The molecule has 1 heterocycles. The molecular weight excluding hydrogens is 206 g/mol. The van der Waals surface area contributed by atoms with Crippen molar-refractivity contribution in [1.29, 1.82) is 0 Å². The quantitative estimate of drug-likeness (QED) is 0.784. The van der Waals surface area contributed by atoms with E-state index >= 15 is 0 Å². The second-order valence-corrected chi connectivity index (χ2v) is 2.80. The van der Waals surface area contributed by atoms with Crippen molar-refractivity contribution in [2.24, 2.45) is 0 Å². The molecule has 0 fully saturated rings. The molecule has 0 amide bonds. The van der Waals surface area contributed by atoms with Gasteiger partial charge in [0, 0.05) is 17.7 Å². The van der Waals surface area contributed by atoms with Crippen LogP contribution in [0, 0.1) is 11.6 Å². The minimum absolute atomic E-state index is 0.159. The van der Waals surface area contributed by atoms with Crippen LogP contribution < -0.4 is 0 Å². The van der Waals surface area contributed by atoms with Crippen LogP contribution in [0.15, 0.2) is 18.5 Å². The maximum Gasteiger partial charge on any atom is 0.143 e. The second-order valence-electron chi connectivity index (χ2n) is 2.80. The minimum atomic E-state index is -0.831.